The lowest BCUT2D eigenvalue weighted by molar-refractivity contribution is 0.186. The van der Waals surface area contributed by atoms with Crippen molar-refractivity contribution in [2.24, 2.45) is 11.5 Å². The van der Waals surface area contributed by atoms with Gasteiger partial charge in [-0.3, -0.25) is 0 Å². The van der Waals surface area contributed by atoms with Crippen molar-refractivity contribution in [2.75, 3.05) is 13.2 Å². The topological polar surface area (TPSA) is 92.5 Å². The van der Waals surface area contributed by atoms with E-state index in [1.807, 2.05) is 0 Å². The Bertz CT molecular complexity index is 49.7. The van der Waals surface area contributed by atoms with Gasteiger partial charge in [0.25, 0.3) is 0 Å². The van der Waals surface area contributed by atoms with Crippen LogP contribution in [0.4, 0.5) is 0 Å². The first-order chi connectivity index (χ1) is 4.74. The minimum absolute atomic E-state index is 0.125. The fourth-order valence-corrected chi connectivity index (χ4v) is 0. The van der Waals surface area contributed by atoms with E-state index in [-0.39, 0.29) is 13.2 Å². The summed E-state index contributed by atoms with van der Waals surface area (Å²) in [6, 6.07) is 0. The van der Waals surface area contributed by atoms with Crippen LogP contribution < -0.4 is 11.5 Å². The highest BCUT2D eigenvalue weighted by Gasteiger charge is 1.58. The van der Waals surface area contributed by atoms with Crippen LogP contribution in [0.3, 0.4) is 0 Å². The van der Waals surface area contributed by atoms with E-state index in [1.165, 1.54) is 12.4 Å². The standard InChI is InChI=1S/2C2H5N.C2H6O2/c2*1-2-3;3-1-2-4/h2*2H,1,3H2;3-4H,1-2H2. The number of nitrogens with two attached hydrogens (primary N) is 2. The maximum atomic E-state index is 7.62. The Morgan fingerprint density at radius 2 is 1.10 bits per heavy atom. The molecule has 0 saturated heterocycles. The summed E-state index contributed by atoms with van der Waals surface area (Å²) in [4.78, 5) is 0. The molecule has 0 aliphatic heterocycles. The molecule has 0 atom stereocenters. The molecule has 0 rings (SSSR count). The molecular weight excluding hydrogens is 132 g/mol. The molecule has 0 aliphatic carbocycles. The smallest absolute Gasteiger partial charge is 0.0662 e. The van der Waals surface area contributed by atoms with Crippen molar-refractivity contribution in [1.29, 1.82) is 0 Å². The second-order valence-corrected chi connectivity index (χ2v) is 0.919. The molecule has 0 amide bonds. The lowest BCUT2D eigenvalue weighted by Crippen LogP contribution is -1.85. The van der Waals surface area contributed by atoms with E-state index in [2.05, 4.69) is 24.6 Å². The normalized spacial score (nSPS) is 5.40. The Morgan fingerprint density at radius 1 is 1.00 bits per heavy atom. The van der Waals surface area contributed by atoms with Gasteiger partial charge in [-0.15, -0.1) is 0 Å². The van der Waals surface area contributed by atoms with Gasteiger partial charge in [-0.05, 0) is 12.4 Å². The van der Waals surface area contributed by atoms with Crippen LogP contribution in [0.5, 0.6) is 0 Å². The van der Waals surface area contributed by atoms with Crippen LogP contribution in [-0.4, -0.2) is 23.4 Å². The molecule has 0 bridgehead atoms. The van der Waals surface area contributed by atoms with Gasteiger partial charge in [0.05, 0.1) is 13.2 Å². The van der Waals surface area contributed by atoms with Crippen LogP contribution >= 0.6 is 0 Å². The third-order valence-corrected chi connectivity index (χ3v) is 0.1000. The van der Waals surface area contributed by atoms with Crippen molar-refractivity contribution in [2.45, 2.75) is 0 Å². The Kier molecular flexibility index (Phi) is 69.7. The van der Waals surface area contributed by atoms with Crippen molar-refractivity contribution < 1.29 is 10.2 Å². The Labute approximate surface area is 61.5 Å². The summed E-state index contributed by atoms with van der Waals surface area (Å²) >= 11 is 0. The van der Waals surface area contributed by atoms with Gasteiger partial charge in [-0.1, -0.05) is 13.2 Å². The molecule has 0 aromatic heterocycles. The molecule has 0 aliphatic rings. The molecule has 62 valence electrons. The van der Waals surface area contributed by atoms with Crippen LogP contribution in [0.25, 0.3) is 0 Å². The lowest BCUT2D eigenvalue weighted by Gasteiger charge is -1.70. The Morgan fingerprint density at radius 3 is 1.10 bits per heavy atom. The SMILES string of the molecule is C=CN.C=CN.OCCO. The lowest BCUT2D eigenvalue weighted by atomic mass is 10.8. The molecule has 0 radical (unpaired) electrons. The molecule has 0 aromatic rings. The molecule has 10 heavy (non-hydrogen) atoms. The van der Waals surface area contributed by atoms with Crippen LogP contribution in [0.15, 0.2) is 25.6 Å². The summed E-state index contributed by atoms with van der Waals surface area (Å²) in [6.45, 7) is 6.03. The van der Waals surface area contributed by atoms with E-state index >= 15 is 0 Å². The van der Waals surface area contributed by atoms with Gasteiger partial charge in [0.1, 0.15) is 0 Å². The maximum absolute atomic E-state index is 7.62. The van der Waals surface area contributed by atoms with E-state index < -0.39 is 0 Å². The van der Waals surface area contributed by atoms with Gasteiger partial charge in [0.15, 0.2) is 0 Å². The van der Waals surface area contributed by atoms with E-state index in [0.717, 1.165) is 0 Å². The average Bonchev–Trinajstić information content (AvgIpc) is 1.91. The molecule has 0 heterocycles. The first-order valence-electron chi connectivity index (χ1n) is 2.62. The zero-order valence-corrected chi connectivity index (χ0v) is 6.03. The van der Waals surface area contributed by atoms with Crippen LogP contribution in [0.1, 0.15) is 0 Å². The second kappa shape index (κ2) is 43.6. The number of hydrogen-bond donors (Lipinski definition) is 4. The summed E-state index contributed by atoms with van der Waals surface area (Å²) < 4.78 is 0. The van der Waals surface area contributed by atoms with Gasteiger partial charge in [0, 0.05) is 0 Å². The Hall–Kier alpha value is -1.00. The number of rotatable bonds is 1. The summed E-state index contributed by atoms with van der Waals surface area (Å²) in [5, 5.41) is 15.2. The van der Waals surface area contributed by atoms with Gasteiger partial charge in [0.2, 0.25) is 0 Å². The second-order valence-electron chi connectivity index (χ2n) is 0.919. The van der Waals surface area contributed by atoms with Crippen molar-refractivity contribution in [3.05, 3.63) is 25.6 Å². The molecule has 0 spiro atoms. The maximum Gasteiger partial charge on any atom is 0.0662 e. The van der Waals surface area contributed by atoms with Crippen molar-refractivity contribution in [3.63, 3.8) is 0 Å². The van der Waals surface area contributed by atoms with Crippen molar-refractivity contribution in [1.82, 2.24) is 0 Å². The van der Waals surface area contributed by atoms with Gasteiger partial charge in [-0.25, -0.2) is 0 Å². The fourth-order valence-electron chi connectivity index (χ4n) is 0. The van der Waals surface area contributed by atoms with E-state index in [0.29, 0.717) is 0 Å². The first-order valence-corrected chi connectivity index (χ1v) is 2.62. The van der Waals surface area contributed by atoms with Crippen LogP contribution in [0, 0.1) is 0 Å². The molecule has 4 nitrogen and oxygen atoms in total. The number of aliphatic hydroxyl groups is 2. The average molecular weight is 148 g/mol. The minimum atomic E-state index is -0.125. The molecular formula is C6H16N2O2. The van der Waals surface area contributed by atoms with Gasteiger partial charge >= 0.3 is 0 Å². The van der Waals surface area contributed by atoms with Gasteiger partial charge in [-0.2, -0.15) is 0 Å². The fraction of sp³-hybridized carbons (Fsp3) is 0.333. The highest BCUT2D eigenvalue weighted by molar-refractivity contribution is 4.48. The largest absolute Gasteiger partial charge is 0.405 e. The summed E-state index contributed by atoms with van der Waals surface area (Å²) in [6.07, 6.45) is 2.50. The summed E-state index contributed by atoms with van der Waals surface area (Å²) in [7, 11) is 0. The third kappa shape index (κ3) is 5109999999999999854475403373576192. The Balaban J connectivity index is -0.0000000750. The molecule has 0 saturated carbocycles. The summed E-state index contributed by atoms with van der Waals surface area (Å²) in [5.41, 5.74) is 9.22. The predicted molar refractivity (Wildman–Crippen MR) is 42.9 cm³/mol. The van der Waals surface area contributed by atoms with Gasteiger partial charge < -0.3 is 21.7 Å². The number of hydrogen-bond acceptors (Lipinski definition) is 4. The molecule has 6 N–H and O–H groups in total. The van der Waals surface area contributed by atoms with Crippen molar-refractivity contribution in [3.8, 4) is 0 Å². The third-order valence-electron chi connectivity index (χ3n) is 0.1000. The van der Waals surface area contributed by atoms with E-state index in [9.17, 15) is 0 Å². The highest BCUT2D eigenvalue weighted by Crippen LogP contribution is 1.39. The van der Waals surface area contributed by atoms with Crippen molar-refractivity contribution >= 4 is 0 Å². The van der Waals surface area contributed by atoms with Crippen LogP contribution in [0.2, 0.25) is 0 Å². The summed E-state index contributed by atoms with van der Waals surface area (Å²) in [5.74, 6) is 0. The zero-order chi connectivity index (χ0) is 8.83. The van der Waals surface area contributed by atoms with E-state index in [1.54, 1.807) is 0 Å². The molecule has 0 unspecified atom stereocenters. The quantitative estimate of drug-likeness (QED) is 0.389. The predicted octanol–water partition coefficient (Wildman–Crippen LogP) is -0.852. The molecule has 0 aromatic carbocycles. The van der Waals surface area contributed by atoms with E-state index in [4.69, 9.17) is 10.2 Å². The molecule has 4 heteroatoms. The first kappa shape index (κ1) is 16.0. The monoisotopic (exact) mass is 148 g/mol. The highest BCUT2D eigenvalue weighted by atomic mass is 16.3. The minimum Gasteiger partial charge on any atom is -0.405 e. The van der Waals surface area contributed by atoms with Crippen LogP contribution in [-0.2, 0) is 0 Å². The zero-order valence-electron chi connectivity index (χ0n) is 6.03. The number of aliphatic hydroxyl groups excluding tert-OH is 2. The molecule has 0 fully saturated rings.